The van der Waals surface area contributed by atoms with E-state index in [1.54, 1.807) is 17.6 Å². The molecular weight excluding hydrogens is 448 g/mol. The van der Waals surface area contributed by atoms with Crippen molar-refractivity contribution in [2.75, 3.05) is 11.9 Å². The van der Waals surface area contributed by atoms with E-state index in [0.29, 0.717) is 16.1 Å². The number of hydrogen-bond acceptors (Lipinski definition) is 5. The van der Waals surface area contributed by atoms with Gasteiger partial charge in [-0.15, -0.1) is 0 Å². The summed E-state index contributed by atoms with van der Waals surface area (Å²) >= 11 is 1.26. The second-order valence-electron chi connectivity index (χ2n) is 8.82. The number of amides is 2. The van der Waals surface area contributed by atoms with Gasteiger partial charge in [0.05, 0.1) is 22.7 Å². The van der Waals surface area contributed by atoms with E-state index in [1.807, 2.05) is 50.2 Å². The lowest BCUT2D eigenvalue weighted by atomic mass is 10.1. The Balaban J connectivity index is 1.46. The number of aryl methyl sites for hydroxylation is 2. The van der Waals surface area contributed by atoms with Crippen molar-refractivity contribution in [3.05, 3.63) is 63.9 Å². The lowest BCUT2D eigenvalue weighted by molar-refractivity contribution is -0.123. The van der Waals surface area contributed by atoms with Gasteiger partial charge in [0.1, 0.15) is 0 Å². The Morgan fingerprint density at radius 2 is 1.76 bits per heavy atom. The molecule has 1 aromatic heterocycles. The average Bonchev–Trinajstić information content (AvgIpc) is 3.34. The Hall–Kier alpha value is -3.13. The minimum atomic E-state index is -0.520. The molecule has 1 saturated carbocycles. The van der Waals surface area contributed by atoms with Crippen LogP contribution in [-0.4, -0.2) is 33.2 Å². The van der Waals surface area contributed by atoms with Gasteiger partial charge in [0, 0.05) is 11.7 Å². The predicted octanol–water partition coefficient (Wildman–Crippen LogP) is 4.36. The SMILES string of the molecule is Cc1cccc(C)c1NC(=O)CNC(=O)C(C)Sc1nc2ccccc2c(=O)n1C1CCCC1. The number of rotatable bonds is 7. The van der Waals surface area contributed by atoms with E-state index in [-0.39, 0.29) is 30.0 Å². The highest BCUT2D eigenvalue weighted by molar-refractivity contribution is 8.00. The van der Waals surface area contributed by atoms with Crippen LogP contribution in [0.2, 0.25) is 0 Å². The summed E-state index contributed by atoms with van der Waals surface area (Å²) < 4.78 is 1.78. The smallest absolute Gasteiger partial charge is 0.262 e. The molecule has 1 aliphatic carbocycles. The van der Waals surface area contributed by atoms with Gasteiger partial charge in [-0.2, -0.15) is 0 Å². The van der Waals surface area contributed by atoms with Crippen LogP contribution in [0.3, 0.4) is 0 Å². The van der Waals surface area contributed by atoms with Crippen molar-refractivity contribution in [2.24, 2.45) is 0 Å². The van der Waals surface area contributed by atoms with Crippen molar-refractivity contribution in [1.82, 2.24) is 14.9 Å². The van der Waals surface area contributed by atoms with Crippen molar-refractivity contribution in [2.45, 2.75) is 62.9 Å². The van der Waals surface area contributed by atoms with Crippen LogP contribution in [0.25, 0.3) is 10.9 Å². The fraction of sp³-hybridized carbons (Fsp3) is 0.385. The largest absolute Gasteiger partial charge is 0.346 e. The number of fused-ring (bicyclic) bond motifs is 1. The molecular formula is C26H30N4O3S. The highest BCUT2D eigenvalue weighted by Gasteiger charge is 2.25. The topological polar surface area (TPSA) is 93.1 Å². The maximum absolute atomic E-state index is 13.3. The monoisotopic (exact) mass is 478 g/mol. The quantitative estimate of drug-likeness (QED) is 0.389. The average molecular weight is 479 g/mol. The molecule has 4 rings (SSSR count). The van der Waals surface area contributed by atoms with E-state index in [1.165, 1.54) is 11.8 Å². The van der Waals surface area contributed by atoms with E-state index < -0.39 is 5.25 Å². The number of nitrogens with zero attached hydrogens (tertiary/aromatic N) is 2. The van der Waals surface area contributed by atoms with Gasteiger partial charge in [-0.1, -0.05) is 54.9 Å². The molecule has 2 aromatic carbocycles. The first-order chi connectivity index (χ1) is 16.3. The molecule has 1 heterocycles. The number of carbonyl (C=O) groups excluding carboxylic acids is 2. The first-order valence-electron chi connectivity index (χ1n) is 11.7. The van der Waals surface area contributed by atoms with Crippen LogP contribution in [0.5, 0.6) is 0 Å². The Labute approximate surface area is 203 Å². The molecule has 1 unspecified atom stereocenters. The number of benzene rings is 2. The van der Waals surface area contributed by atoms with E-state index in [4.69, 9.17) is 4.98 Å². The number of hydrogen-bond donors (Lipinski definition) is 2. The molecule has 0 bridgehead atoms. The first kappa shape index (κ1) is 24.0. The minimum absolute atomic E-state index is 0.0550. The summed E-state index contributed by atoms with van der Waals surface area (Å²) in [6, 6.07) is 13.2. The molecule has 0 aliphatic heterocycles. The zero-order chi connectivity index (χ0) is 24.2. The third kappa shape index (κ3) is 5.17. The first-order valence-corrected chi connectivity index (χ1v) is 12.5. The lowest BCUT2D eigenvalue weighted by Crippen LogP contribution is -2.37. The van der Waals surface area contributed by atoms with Crippen LogP contribution in [0.15, 0.2) is 52.4 Å². The number of nitrogens with one attached hydrogen (secondary N) is 2. The standard InChI is InChI=1S/C26H30N4O3S/c1-16-9-8-10-17(2)23(16)29-22(31)15-27-24(32)18(3)34-26-28-21-14-7-6-13-20(21)25(33)30(26)19-11-4-5-12-19/h6-10,13-14,18-19H,4-5,11-12,15H2,1-3H3,(H,27,32)(H,29,31). The van der Waals surface area contributed by atoms with E-state index in [2.05, 4.69) is 10.6 Å². The fourth-order valence-corrected chi connectivity index (χ4v) is 5.41. The summed E-state index contributed by atoms with van der Waals surface area (Å²) in [5.74, 6) is -0.559. The highest BCUT2D eigenvalue weighted by Crippen LogP contribution is 2.33. The molecule has 7 nitrogen and oxygen atoms in total. The summed E-state index contributed by atoms with van der Waals surface area (Å²) in [6.45, 7) is 5.50. The van der Waals surface area contributed by atoms with Crippen LogP contribution >= 0.6 is 11.8 Å². The van der Waals surface area contributed by atoms with Gasteiger partial charge < -0.3 is 10.6 Å². The molecule has 34 heavy (non-hydrogen) atoms. The van der Waals surface area contributed by atoms with Crippen LogP contribution in [0.4, 0.5) is 5.69 Å². The molecule has 2 N–H and O–H groups in total. The van der Waals surface area contributed by atoms with Crippen molar-refractivity contribution in [1.29, 1.82) is 0 Å². The zero-order valence-corrected chi connectivity index (χ0v) is 20.6. The molecule has 0 saturated heterocycles. The van der Waals surface area contributed by atoms with Crippen molar-refractivity contribution in [3.8, 4) is 0 Å². The molecule has 1 aliphatic rings. The van der Waals surface area contributed by atoms with Gasteiger partial charge in [-0.3, -0.25) is 19.0 Å². The van der Waals surface area contributed by atoms with Crippen molar-refractivity contribution in [3.63, 3.8) is 0 Å². The van der Waals surface area contributed by atoms with Crippen molar-refractivity contribution < 1.29 is 9.59 Å². The molecule has 3 aromatic rings. The molecule has 0 radical (unpaired) electrons. The van der Waals surface area contributed by atoms with E-state index in [0.717, 1.165) is 42.5 Å². The minimum Gasteiger partial charge on any atom is -0.346 e. The van der Waals surface area contributed by atoms with Gasteiger partial charge in [0.25, 0.3) is 5.56 Å². The molecule has 0 spiro atoms. The molecule has 1 fully saturated rings. The van der Waals surface area contributed by atoms with Crippen LogP contribution in [0.1, 0.15) is 49.8 Å². The fourth-order valence-electron chi connectivity index (χ4n) is 4.41. The molecule has 8 heteroatoms. The van der Waals surface area contributed by atoms with Gasteiger partial charge >= 0.3 is 0 Å². The number of carbonyl (C=O) groups is 2. The van der Waals surface area contributed by atoms with Crippen LogP contribution in [-0.2, 0) is 9.59 Å². The Morgan fingerprint density at radius 3 is 2.47 bits per heavy atom. The number of para-hydroxylation sites is 2. The van der Waals surface area contributed by atoms with E-state index in [9.17, 15) is 14.4 Å². The Kier molecular flexibility index (Phi) is 7.36. The summed E-state index contributed by atoms with van der Waals surface area (Å²) in [6.07, 6.45) is 4.04. The van der Waals surface area contributed by atoms with E-state index >= 15 is 0 Å². The number of anilines is 1. The second kappa shape index (κ2) is 10.4. The summed E-state index contributed by atoms with van der Waals surface area (Å²) in [7, 11) is 0. The second-order valence-corrected chi connectivity index (χ2v) is 10.1. The van der Waals surface area contributed by atoms with Gasteiger partial charge in [0.2, 0.25) is 11.8 Å². The number of aromatic nitrogens is 2. The Bertz CT molecular complexity index is 1260. The summed E-state index contributed by atoms with van der Waals surface area (Å²) in [5, 5.41) is 6.22. The molecule has 2 amide bonds. The summed E-state index contributed by atoms with van der Waals surface area (Å²) in [4.78, 5) is 43.3. The Morgan fingerprint density at radius 1 is 1.09 bits per heavy atom. The lowest BCUT2D eigenvalue weighted by Gasteiger charge is -2.20. The molecule has 1 atom stereocenters. The predicted molar refractivity (Wildman–Crippen MR) is 136 cm³/mol. The zero-order valence-electron chi connectivity index (χ0n) is 19.8. The van der Waals surface area contributed by atoms with Gasteiger partial charge in [-0.25, -0.2) is 4.98 Å². The third-order valence-corrected chi connectivity index (χ3v) is 7.35. The summed E-state index contributed by atoms with van der Waals surface area (Å²) in [5.41, 5.74) is 3.28. The van der Waals surface area contributed by atoms with Gasteiger partial charge in [0.15, 0.2) is 5.16 Å². The highest BCUT2D eigenvalue weighted by atomic mass is 32.2. The maximum atomic E-state index is 13.3. The van der Waals surface area contributed by atoms with Gasteiger partial charge in [-0.05, 0) is 56.9 Å². The normalized spacial score (nSPS) is 14.8. The van der Waals surface area contributed by atoms with Crippen LogP contribution < -0.4 is 16.2 Å². The number of thioether (sulfide) groups is 1. The molecule has 178 valence electrons. The van der Waals surface area contributed by atoms with Crippen molar-refractivity contribution >= 4 is 40.2 Å². The van der Waals surface area contributed by atoms with Crippen LogP contribution in [0, 0.1) is 13.8 Å². The maximum Gasteiger partial charge on any atom is 0.262 e. The third-order valence-electron chi connectivity index (χ3n) is 6.29.